The summed E-state index contributed by atoms with van der Waals surface area (Å²) in [6, 6.07) is 16.8. The van der Waals surface area contributed by atoms with Gasteiger partial charge in [-0.3, -0.25) is 14.5 Å². The highest BCUT2D eigenvalue weighted by molar-refractivity contribution is 6.15. The minimum atomic E-state index is -0.624. The van der Waals surface area contributed by atoms with E-state index in [1.165, 1.54) is 14.2 Å². The molecule has 35 heavy (non-hydrogen) atoms. The van der Waals surface area contributed by atoms with Crippen LogP contribution in [-0.4, -0.2) is 34.9 Å². The number of rotatable bonds is 3. The highest BCUT2D eigenvalue weighted by Crippen LogP contribution is 2.50. The Morgan fingerprint density at radius 1 is 0.914 bits per heavy atom. The average Bonchev–Trinajstić information content (AvgIpc) is 3.17. The maximum Gasteiger partial charge on any atom is 0.300 e. The van der Waals surface area contributed by atoms with Crippen molar-refractivity contribution in [2.24, 2.45) is 0 Å². The lowest BCUT2D eigenvalue weighted by Gasteiger charge is -2.34. The van der Waals surface area contributed by atoms with E-state index in [0.717, 1.165) is 11.1 Å². The van der Waals surface area contributed by atoms with Crippen molar-refractivity contribution in [1.82, 2.24) is 14.8 Å². The van der Waals surface area contributed by atoms with Crippen molar-refractivity contribution >= 4 is 11.6 Å². The van der Waals surface area contributed by atoms with Crippen molar-refractivity contribution in [3.05, 3.63) is 87.2 Å². The number of ether oxygens (including phenoxy) is 2. The lowest BCUT2D eigenvalue weighted by molar-refractivity contribution is 0.0983. The largest absolute Gasteiger partial charge is 0.493 e. The Morgan fingerprint density at radius 2 is 1.71 bits per heavy atom. The minimum absolute atomic E-state index is 0.230. The van der Waals surface area contributed by atoms with Gasteiger partial charge in [-0.25, -0.2) is 4.68 Å². The van der Waals surface area contributed by atoms with Gasteiger partial charge in [0.2, 0.25) is 0 Å². The molecule has 3 heterocycles. The first-order valence-electron chi connectivity index (χ1n) is 11.2. The molecule has 1 aromatic heterocycles. The number of anilines is 1. The topological polar surface area (TPSA) is 86.6 Å². The van der Waals surface area contributed by atoms with Crippen molar-refractivity contribution in [3.63, 3.8) is 0 Å². The number of fused-ring (bicyclic) bond motifs is 8. The molecule has 0 N–H and O–H groups in total. The number of carbonyl (C=O) groups is 1. The first-order valence-corrected chi connectivity index (χ1v) is 11.2. The molecule has 0 aliphatic carbocycles. The molecule has 174 valence electrons. The molecule has 0 radical (unpaired) electrons. The van der Waals surface area contributed by atoms with Crippen LogP contribution in [0.3, 0.4) is 0 Å². The lowest BCUT2D eigenvalue weighted by atomic mass is 10.0. The fourth-order valence-electron chi connectivity index (χ4n) is 4.93. The molecular formula is C27H22N4O4. The number of hydrogen-bond donors (Lipinski definition) is 0. The van der Waals surface area contributed by atoms with Crippen LogP contribution in [0.25, 0.3) is 22.6 Å². The molecule has 0 spiro atoms. The second-order valence-electron chi connectivity index (χ2n) is 8.66. The van der Waals surface area contributed by atoms with Gasteiger partial charge >= 0.3 is 0 Å². The maximum atomic E-state index is 13.8. The normalized spacial score (nSPS) is 15.3. The Kier molecular flexibility index (Phi) is 4.54. The third-order valence-electron chi connectivity index (χ3n) is 6.78. The number of amides is 1. The van der Waals surface area contributed by atoms with Gasteiger partial charge in [-0.15, -0.1) is 0 Å². The summed E-state index contributed by atoms with van der Waals surface area (Å²) in [5, 5.41) is 4.80. The van der Waals surface area contributed by atoms with Crippen molar-refractivity contribution < 1.29 is 14.3 Å². The molecule has 2 aliphatic rings. The number of para-hydroxylation sites is 1. The summed E-state index contributed by atoms with van der Waals surface area (Å²) < 4.78 is 12.7. The van der Waals surface area contributed by atoms with Crippen molar-refractivity contribution in [2.45, 2.75) is 20.0 Å². The average molecular weight is 466 g/mol. The molecule has 0 saturated carbocycles. The van der Waals surface area contributed by atoms with Gasteiger partial charge in [-0.1, -0.05) is 30.3 Å². The fraction of sp³-hybridized carbons (Fsp3) is 0.185. The smallest absolute Gasteiger partial charge is 0.300 e. The molecule has 1 atom stereocenters. The molecule has 0 bridgehead atoms. The zero-order chi connectivity index (χ0) is 24.4. The Hall–Kier alpha value is -4.46. The zero-order valence-electron chi connectivity index (χ0n) is 19.7. The van der Waals surface area contributed by atoms with Crippen LogP contribution >= 0.6 is 0 Å². The van der Waals surface area contributed by atoms with E-state index in [4.69, 9.17) is 14.6 Å². The van der Waals surface area contributed by atoms with E-state index in [9.17, 15) is 9.59 Å². The summed E-state index contributed by atoms with van der Waals surface area (Å²) in [7, 11) is 3.05. The number of hydrogen-bond acceptors (Lipinski definition) is 6. The highest BCUT2D eigenvalue weighted by Gasteiger charge is 2.47. The molecule has 1 unspecified atom stereocenters. The monoisotopic (exact) mass is 466 g/mol. The number of methoxy groups -OCH3 is 2. The quantitative estimate of drug-likeness (QED) is 0.451. The Bertz CT molecular complexity index is 1610. The predicted octanol–water partition coefficient (Wildman–Crippen LogP) is 4.13. The molecule has 0 fully saturated rings. The molecule has 6 rings (SSSR count). The van der Waals surface area contributed by atoms with Crippen LogP contribution in [0.2, 0.25) is 0 Å². The fourth-order valence-corrected chi connectivity index (χ4v) is 4.93. The van der Waals surface area contributed by atoms with Crippen LogP contribution < -0.4 is 19.9 Å². The van der Waals surface area contributed by atoms with Crippen LogP contribution in [-0.2, 0) is 0 Å². The summed E-state index contributed by atoms with van der Waals surface area (Å²) in [6.07, 6.45) is -0.624. The van der Waals surface area contributed by atoms with Gasteiger partial charge in [0.05, 0.1) is 25.5 Å². The van der Waals surface area contributed by atoms with Crippen molar-refractivity contribution in [3.8, 4) is 34.1 Å². The summed E-state index contributed by atoms with van der Waals surface area (Å²) in [5.74, 6) is 1.02. The number of nitrogens with zero attached hydrogens (tertiary/aromatic N) is 4. The molecule has 2 aliphatic heterocycles. The van der Waals surface area contributed by atoms with Crippen LogP contribution in [0, 0.1) is 13.8 Å². The van der Waals surface area contributed by atoms with Gasteiger partial charge in [-0.2, -0.15) is 10.1 Å². The maximum absolute atomic E-state index is 13.8. The van der Waals surface area contributed by atoms with Gasteiger partial charge < -0.3 is 9.47 Å². The van der Waals surface area contributed by atoms with Gasteiger partial charge in [0.1, 0.15) is 0 Å². The summed E-state index contributed by atoms with van der Waals surface area (Å²) in [4.78, 5) is 33.2. The Morgan fingerprint density at radius 3 is 2.46 bits per heavy atom. The highest BCUT2D eigenvalue weighted by atomic mass is 16.5. The van der Waals surface area contributed by atoms with Gasteiger partial charge in [0, 0.05) is 16.7 Å². The van der Waals surface area contributed by atoms with Crippen LogP contribution in [0.15, 0.2) is 59.4 Å². The molecule has 0 saturated heterocycles. The Labute approximate surface area is 201 Å². The van der Waals surface area contributed by atoms with E-state index >= 15 is 0 Å². The second kappa shape index (κ2) is 7.53. The lowest BCUT2D eigenvalue weighted by Crippen LogP contribution is -2.39. The molecule has 3 aromatic carbocycles. The third-order valence-corrected chi connectivity index (χ3v) is 6.78. The van der Waals surface area contributed by atoms with E-state index in [0.29, 0.717) is 45.3 Å². The van der Waals surface area contributed by atoms with E-state index < -0.39 is 11.7 Å². The van der Waals surface area contributed by atoms with Gasteiger partial charge in [-0.05, 0) is 49.2 Å². The van der Waals surface area contributed by atoms with Crippen LogP contribution in [0.1, 0.15) is 33.2 Å². The number of aromatic nitrogens is 3. The number of benzene rings is 3. The van der Waals surface area contributed by atoms with E-state index in [1.807, 2.05) is 62.4 Å². The summed E-state index contributed by atoms with van der Waals surface area (Å²) >= 11 is 0. The third kappa shape index (κ3) is 2.86. The van der Waals surface area contributed by atoms with Gasteiger partial charge in [0.25, 0.3) is 11.5 Å². The first kappa shape index (κ1) is 21.1. The second-order valence-corrected chi connectivity index (χ2v) is 8.66. The molecule has 8 heteroatoms. The van der Waals surface area contributed by atoms with Crippen LogP contribution in [0.5, 0.6) is 11.5 Å². The molecule has 8 nitrogen and oxygen atoms in total. The van der Waals surface area contributed by atoms with E-state index in [-0.39, 0.29) is 11.6 Å². The number of carbonyl (C=O) groups excluding carboxylic acids is 1. The van der Waals surface area contributed by atoms with Crippen LogP contribution in [0.4, 0.5) is 5.69 Å². The van der Waals surface area contributed by atoms with E-state index in [1.54, 1.807) is 15.6 Å². The van der Waals surface area contributed by atoms with Crippen molar-refractivity contribution in [1.29, 1.82) is 0 Å². The summed E-state index contributed by atoms with van der Waals surface area (Å²) in [6.45, 7) is 4.01. The van der Waals surface area contributed by atoms with E-state index in [2.05, 4.69) is 4.98 Å². The minimum Gasteiger partial charge on any atom is -0.493 e. The Balaban J connectivity index is 1.67. The summed E-state index contributed by atoms with van der Waals surface area (Å²) in [5.41, 5.74) is 5.10. The first-order chi connectivity index (χ1) is 16.9. The number of aryl methyl sites for hydroxylation is 2. The molecule has 4 aromatic rings. The molecular weight excluding hydrogens is 444 g/mol. The van der Waals surface area contributed by atoms with Gasteiger partial charge in [0.15, 0.2) is 29.2 Å². The molecule has 1 amide bonds. The standard InChI is InChI=1S/C27H22N4O4/c1-14-9-10-16(13-15(14)2)22-25(32)28-24-17-7-5-6-8-19(17)30-26(31(24)29-22)18-11-12-20(34-3)23(35-4)21(18)27(30)33/h5-13,26H,1-4H3. The van der Waals surface area contributed by atoms with Crippen molar-refractivity contribution in [2.75, 3.05) is 19.1 Å². The zero-order valence-corrected chi connectivity index (χ0v) is 19.7. The predicted molar refractivity (Wildman–Crippen MR) is 131 cm³/mol. The SMILES string of the molecule is COc1ccc2c(c1OC)C(=O)N1c3ccccc3-c3nc(=O)c(-c4ccc(C)c(C)c4)nn3C21.